The molecule has 4 nitrogen and oxygen atoms in total. The Labute approximate surface area is 125 Å². The maximum absolute atomic E-state index is 12.4. The molecule has 0 amide bonds. The number of ketones is 1. The van der Waals surface area contributed by atoms with Gasteiger partial charge in [-0.1, -0.05) is 34.6 Å². The van der Waals surface area contributed by atoms with Crippen LogP contribution in [0.4, 0.5) is 0 Å². The van der Waals surface area contributed by atoms with Crippen LogP contribution in [-0.4, -0.2) is 36.8 Å². The molecule has 0 fully saturated rings. The normalized spacial score (nSPS) is 14.7. The van der Waals surface area contributed by atoms with Gasteiger partial charge in [0.15, 0.2) is 0 Å². The van der Waals surface area contributed by atoms with Crippen LogP contribution in [0.1, 0.15) is 61.8 Å². The average molecular weight is 305 g/mol. The largest absolute Gasteiger partial charge is 0.299 e. The number of nitrogens with zero attached hydrogens (tertiary/aromatic N) is 1. The second kappa shape index (κ2) is 5.76. The average Bonchev–Trinajstić information content (AvgIpc) is 2.10. The monoisotopic (exact) mass is 305 g/mol. The van der Waals surface area contributed by atoms with Crippen LogP contribution in [0.25, 0.3) is 0 Å². The van der Waals surface area contributed by atoms with Crippen molar-refractivity contribution in [2.24, 2.45) is 10.8 Å². The lowest BCUT2D eigenvalue weighted by molar-refractivity contribution is -0.135. The molecule has 0 aliphatic rings. The molecule has 0 rings (SSSR count). The summed E-state index contributed by atoms with van der Waals surface area (Å²) in [5.74, 6) is 0.160. The second-order valence-electron chi connectivity index (χ2n) is 8.22. The van der Waals surface area contributed by atoms with Crippen molar-refractivity contribution in [1.82, 2.24) is 4.31 Å². The molecule has 0 aromatic carbocycles. The topological polar surface area (TPSA) is 54.5 Å². The summed E-state index contributed by atoms with van der Waals surface area (Å²) in [6.45, 7) is 15.4. The van der Waals surface area contributed by atoms with Crippen molar-refractivity contribution in [2.75, 3.05) is 12.8 Å². The number of carbonyl (C=O) groups is 1. The van der Waals surface area contributed by atoms with Crippen LogP contribution in [0.15, 0.2) is 0 Å². The fraction of sp³-hybridized carbons (Fsp3) is 0.933. The number of rotatable bonds is 5. The van der Waals surface area contributed by atoms with Gasteiger partial charge in [0.05, 0.1) is 6.26 Å². The molecule has 0 aliphatic heterocycles. The van der Waals surface area contributed by atoms with E-state index in [2.05, 4.69) is 0 Å². The van der Waals surface area contributed by atoms with Crippen molar-refractivity contribution in [3.63, 3.8) is 0 Å². The molecule has 0 N–H and O–H groups in total. The molecule has 20 heavy (non-hydrogen) atoms. The zero-order chi connectivity index (χ0) is 16.6. The van der Waals surface area contributed by atoms with Crippen LogP contribution < -0.4 is 0 Å². The van der Waals surface area contributed by atoms with E-state index in [1.165, 1.54) is 10.6 Å². The summed E-state index contributed by atoms with van der Waals surface area (Å²) in [5, 5.41) is 0. The molecule has 0 atom stereocenters. The molecule has 0 radical (unpaired) electrons. The third kappa shape index (κ3) is 5.52. The highest BCUT2D eigenvalue weighted by Gasteiger charge is 2.38. The lowest BCUT2D eigenvalue weighted by Crippen LogP contribution is -2.47. The highest BCUT2D eigenvalue weighted by atomic mass is 32.2. The Morgan fingerprint density at radius 3 is 1.60 bits per heavy atom. The van der Waals surface area contributed by atoms with Crippen molar-refractivity contribution < 1.29 is 13.2 Å². The van der Waals surface area contributed by atoms with Gasteiger partial charge in [0.25, 0.3) is 0 Å². The SMILES string of the molecule is CC(C)(C)C(=O)C(C)(C)CCN(C(C)(C)C)S(C)(=O)=O. The lowest BCUT2D eigenvalue weighted by atomic mass is 9.73. The summed E-state index contributed by atoms with van der Waals surface area (Å²) >= 11 is 0. The molecule has 5 heteroatoms. The van der Waals surface area contributed by atoms with E-state index in [0.717, 1.165) is 0 Å². The summed E-state index contributed by atoms with van der Waals surface area (Å²) in [6, 6.07) is 0. The Kier molecular flexibility index (Phi) is 5.64. The zero-order valence-electron chi connectivity index (χ0n) is 14.5. The quantitative estimate of drug-likeness (QED) is 0.784. The van der Waals surface area contributed by atoms with E-state index in [4.69, 9.17) is 0 Å². The Morgan fingerprint density at radius 2 is 1.35 bits per heavy atom. The summed E-state index contributed by atoms with van der Waals surface area (Å²) in [5.41, 5.74) is -1.43. The third-order valence-electron chi connectivity index (χ3n) is 3.38. The van der Waals surface area contributed by atoms with Crippen LogP contribution in [0.3, 0.4) is 0 Å². The van der Waals surface area contributed by atoms with E-state index in [1.54, 1.807) is 0 Å². The standard InChI is InChI=1S/C15H31NO3S/c1-13(2,3)12(17)15(7,8)10-11-16(14(4,5)6)20(9,18)19/h10-11H2,1-9H3. The first kappa shape index (κ1) is 19.6. The fourth-order valence-electron chi connectivity index (χ4n) is 2.51. The van der Waals surface area contributed by atoms with Crippen molar-refractivity contribution in [3.8, 4) is 0 Å². The van der Waals surface area contributed by atoms with Crippen LogP contribution in [0.5, 0.6) is 0 Å². The maximum atomic E-state index is 12.4. The lowest BCUT2D eigenvalue weighted by Gasteiger charge is -2.37. The molecule has 0 saturated carbocycles. The first-order valence-corrected chi connectivity index (χ1v) is 8.87. The molecule has 120 valence electrons. The second-order valence-corrected chi connectivity index (χ2v) is 10.1. The predicted molar refractivity (Wildman–Crippen MR) is 84.2 cm³/mol. The van der Waals surface area contributed by atoms with E-state index in [-0.39, 0.29) is 5.78 Å². The summed E-state index contributed by atoms with van der Waals surface area (Å²) in [6.07, 6.45) is 1.74. The van der Waals surface area contributed by atoms with Gasteiger partial charge in [-0.05, 0) is 27.2 Å². The first-order chi connectivity index (χ1) is 8.49. The maximum Gasteiger partial charge on any atom is 0.211 e. The summed E-state index contributed by atoms with van der Waals surface area (Å²) < 4.78 is 25.3. The van der Waals surface area contributed by atoms with E-state index < -0.39 is 26.4 Å². The Balaban J connectivity index is 5.12. The molecule has 0 bridgehead atoms. The summed E-state index contributed by atoms with van der Waals surface area (Å²) in [4.78, 5) is 12.4. The van der Waals surface area contributed by atoms with Crippen LogP contribution in [0, 0.1) is 10.8 Å². The van der Waals surface area contributed by atoms with Gasteiger partial charge in [-0.15, -0.1) is 0 Å². The van der Waals surface area contributed by atoms with E-state index >= 15 is 0 Å². The number of hydrogen-bond donors (Lipinski definition) is 0. The van der Waals surface area contributed by atoms with Crippen LogP contribution in [-0.2, 0) is 14.8 Å². The van der Waals surface area contributed by atoms with E-state index in [9.17, 15) is 13.2 Å². The molecule has 0 aliphatic carbocycles. The third-order valence-corrected chi connectivity index (χ3v) is 4.92. The molecule has 0 unspecified atom stereocenters. The highest BCUT2D eigenvalue weighted by Crippen LogP contribution is 2.33. The zero-order valence-corrected chi connectivity index (χ0v) is 15.3. The summed E-state index contributed by atoms with van der Waals surface area (Å²) in [7, 11) is -3.28. The van der Waals surface area contributed by atoms with Gasteiger partial charge in [-0.3, -0.25) is 4.79 Å². The smallest absolute Gasteiger partial charge is 0.211 e. The van der Waals surface area contributed by atoms with Crippen LogP contribution >= 0.6 is 0 Å². The first-order valence-electron chi connectivity index (χ1n) is 7.02. The molecule has 0 spiro atoms. The highest BCUT2D eigenvalue weighted by molar-refractivity contribution is 7.88. The van der Waals surface area contributed by atoms with Gasteiger partial charge in [0, 0.05) is 22.9 Å². The van der Waals surface area contributed by atoms with Gasteiger partial charge < -0.3 is 0 Å². The van der Waals surface area contributed by atoms with Gasteiger partial charge in [-0.25, -0.2) is 8.42 Å². The van der Waals surface area contributed by atoms with Crippen LogP contribution in [0.2, 0.25) is 0 Å². The Bertz CT molecular complexity index is 450. The predicted octanol–water partition coefficient (Wildman–Crippen LogP) is 3.08. The van der Waals surface area contributed by atoms with E-state index in [1.807, 2.05) is 55.4 Å². The minimum atomic E-state index is -3.28. The van der Waals surface area contributed by atoms with Crippen molar-refractivity contribution in [1.29, 1.82) is 0 Å². The number of Topliss-reactive ketones (excluding diaryl/α,β-unsaturated/α-hetero) is 1. The molecule has 0 aromatic heterocycles. The molecular formula is C15H31NO3S. The molecule has 0 saturated heterocycles. The van der Waals surface area contributed by atoms with Gasteiger partial charge in [0.1, 0.15) is 5.78 Å². The minimum absolute atomic E-state index is 0.160. The van der Waals surface area contributed by atoms with Gasteiger partial charge >= 0.3 is 0 Å². The fourth-order valence-corrected chi connectivity index (χ4v) is 3.93. The Morgan fingerprint density at radius 1 is 0.950 bits per heavy atom. The van der Waals surface area contributed by atoms with Crippen molar-refractivity contribution >= 4 is 15.8 Å². The molecule has 0 heterocycles. The number of hydrogen-bond acceptors (Lipinski definition) is 3. The number of carbonyl (C=O) groups excluding carboxylic acids is 1. The van der Waals surface area contributed by atoms with Gasteiger partial charge in [0.2, 0.25) is 10.0 Å². The van der Waals surface area contributed by atoms with Gasteiger partial charge in [-0.2, -0.15) is 4.31 Å². The van der Waals surface area contributed by atoms with Crippen molar-refractivity contribution in [3.05, 3.63) is 0 Å². The van der Waals surface area contributed by atoms with Crippen molar-refractivity contribution in [2.45, 2.75) is 67.3 Å². The minimum Gasteiger partial charge on any atom is -0.299 e. The molecule has 0 aromatic rings. The Hall–Kier alpha value is -0.420. The number of sulfonamides is 1. The molecular weight excluding hydrogens is 274 g/mol. The van der Waals surface area contributed by atoms with E-state index in [0.29, 0.717) is 13.0 Å².